The van der Waals surface area contributed by atoms with E-state index in [-0.39, 0.29) is 18.1 Å². The summed E-state index contributed by atoms with van der Waals surface area (Å²) in [6, 6.07) is 21.0. The topological polar surface area (TPSA) is 32.3 Å². The Morgan fingerprint density at radius 1 is 1.00 bits per heavy atom. The van der Waals surface area contributed by atoms with E-state index >= 15 is 0 Å². The molecule has 1 aliphatic heterocycles. The number of nitrogens with zero attached hydrogens (tertiary/aromatic N) is 1. The van der Waals surface area contributed by atoms with Gasteiger partial charge in [-0.2, -0.15) is 0 Å². The van der Waals surface area contributed by atoms with Crippen LogP contribution >= 0.6 is 0 Å². The number of rotatable bonds is 6. The van der Waals surface area contributed by atoms with Crippen LogP contribution in [-0.2, 0) is 24.2 Å². The molecule has 1 heterocycles. The third-order valence-corrected chi connectivity index (χ3v) is 5.65. The van der Waals surface area contributed by atoms with Crippen molar-refractivity contribution in [3.63, 3.8) is 0 Å². The maximum atomic E-state index is 13.0. The summed E-state index contributed by atoms with van der Waals surface area (Å²) in [5.41, 5.74) is 6.77. The Kier molecular flexibility index (Phi) is 5.84. The zero-order valence-electron chi connectivity index (χ0n) is 17.5. The smallest absolute Gasteiger partial charge is 0.228 e. The van der Waals surface area contributed by atoms with Crippen LogP contribution in [0, 0.1) is 5.82 Å². The van der Waals surface area contributed by atoms with Crippen molar-refractivity contribution < 1.29 is 9.18 Å². The number of fused-ring (bicyclic) bond motifs is 1. The highest BCUT2D eigenvalue weighted by atomic mass is 19.1. The van der Waals surface area contributed by atoms with Gasteiger partial charge in [0.1, 0.15) is 5.82 Å². The highest BCUT2D eigenvalue weighted by Crippen LogP contribution is 2.32. The first-order valence-corrected chi connectivity index (χ1v) is 10.5. The standard InChI is InChI=1S/C26H27FN2O/c1-18(2)21-7-3-20(4-8-21)17-29-14-13-22-16-24(11-12-25(22)29)28-26(30)15-19-5-9-23(27)10-6-19/h3-12,16,18H,13-15,17H2,1-2H3,(H,28,30). The predicted molar refractivity (Wildman–Crippen MR) is 120 cm³/mol. The molecule has 30 heavy (non-hydrogen) atoms. The molecule has 0 saturated heterocycles. The van der Waals surface area contributed by atoms with Crippen LogP contribution in [0.5, 0.6) is 0 Å². The minimum Gasteiger partial charge on any atom is -0.367 e. The molecule has 0 aliphatic carbocycles. The molecule has 0 atom stereocenters. The Balaban J connectivity index is 1.39. The quantitative estimate of drug-likeness (QED) is 0.574. The van der Waals surface area contributed by atoms with Crippen LogP contribution in [0.3, 0.4) is 0 Å². The Hall–Kier alpha value is -3.14. The molecule has 3 aromatic rings. The van der Waals surface area contributed by atoms with Crippen LogP contribution in [0.2, 0.25) is 0 Å². The Morgan fingerprint density at radius 2 is 1.70 bits per heavy atom. The summed E-state index contributed by atoms with van der Waals surface area (Å²) in [6.07, 6.45) is 1.21. The van der Waals surface area contributed by atoms with E-state index in [1.165, 1.54) is 34.5 Å². The molecule has 0 fully saturated rings. The molecule has 3 nitrogen and oxygen atoms in total. The number of carbonyl (C=O) groups is 1. The van der Waals surface area contributed by atoms with E-state index in [0.29, 0.717) is 5.92 Å². The molecule has 0 aromatic heterocycles. The van der Waals surface area contributed by atoms with E-state index in [1.807, 2.05) is 6.07 Å². The number of halogens is 1. The van der Waals surface area contributed by atoms with Crippen molar-refractivity contribution in [1.29, 1.82) is 0 Å². The summed E-state index contributed by atoms with van der Waals surface area (Å²) in [6.45, 7) is 6.29. The van der Waals surface area contributed by atoms with Crippen LogP contribution in [0.25, 0.3) is 0 Å². The van der Waals surface area contributed by atoms with Gasteiger partial charge in [-0.1, -0.05) is 50.2 Å². The monoisotopic (exact) mass is 402 g/mol. The molecule has 0 unspecified atom stereocenters. The number of amides is 1. The molecule has 154 valence electrons. The molecular formula is C26H27FN2O. The third-order valence-electron chi connectivity index (χ3n) is 5.65. The van der Waals surface area contributed by atoms with Crippen molar-refractivity contribution in [2.75, 3.05) is 16.8 Å². The Bertz CT molecular complexity index is 1030. The maximum absolute atomic E-state index is 13.0. The zero-order valence-corrected chi connectivity index (χ0v) is 17.5. The molecule has 3 aromatic carbocycles. The van der Waals surface area contributed by atoms with Crippen molar-refractivity contribution in [2.45, 2.75) is 39.2 Å². The molecule has 1 amide bonds. The highest BCUT2D eigenvalue weighted by molar-refractivity contribution is 5.92. The van der Waals surface area contributed by atoms with Crippen LogP contribution in [0.4, 0.5) is 15.8 Å². The predicted octanol–water partition coefficient (Wildman–Crippen LogP) is 5.69. The molecule has 1 aliphatic rings. The van der Waals surface area contributed by atoms with Gasteiger partial charge in [0, 0.05) is 24.5 Å². The summed E-state index contributed by atoms with van der Waals surface area (Å²) in [4.78, 5) is 14.7. The van der Waals surface area contributed by atoms with Gasteiger partial charge >= 0.3 is 0 Å². The molecule has 1 N–H and O–H groups in total. The molecule has 4 rings (SSSR count). The summed E-state index contributed by atoms with van der Waals surface area (Å²) in [7, 11) is 0. The third kappa shape index (κ3) is 4.70. The largest absolute Gasteiger partial charge is 0.367 e. The summed E-state index contributed by atoms with van der Waals surface area (Å²) in [5, 5.41) is 2.96. The second-order valence-electron chi connectivity index (χ2n) is 8.26. The van der Waals surface area contributed by atoms with Gasteiger partial charge in [0.05, 0.1) is 6.42 Å². The van der Waals surface area contributed by atoms with E-state index in [4.69, 9.17) is 0 Å². The number of carbonyl (C=O) groups excluding carboxylic acids is 1. The van der Waals surface area contributed by atoms with Crippen LogP contribution in [-0.4, -0.2) is 12.5 Å². The SMILES string of the molecule is CC(C)c1ccc(CN2CCc3cc(NC(=O)Cc4ccc(F)cc4)ccc32)cc1. The fraction of sp³-hybridized carbons (Fsp3) is 0.269. The summed E-state index contributed by atoms with van der Waals surface area (Å²) >= 11 is 0. The van der Waals surface area contributed by atoms with Crippen LogP contribution in [0.1, 0.15) is 42.0 Å². The highest BCUT2D eigenvalue weighted by Gasteiger charge is 2.20. The van der Waals surface area contributed by atoms with Crippen LogP contribution < -0.4 is 10.2 Å². The van der Waals surface area contributed by atoms with E-state index < -0.39 is 0 Å². The van der Waals surface area contributed by atoms with Crippen molar-refractivity contribution in [3.8, 4) is 0 Å². The van der Waals surface area contributed by atoms with Gasteiger partial charge in [-0.3, -0.25) is 4.79 Å². The normalized spacial score (nSPS) is 12.9. The molecule has 0 saturated carbocycles. The number of benzene rings is 3. The van der Waals surface area contributed by atoms with E-state index in [0.717, 1.165) is 30.8 Å². The minimum atomic E-state index is -0.293. The van der Waals surface area contributed by atoms with Crippen molar-refractivity contribution >= 4 is 17.3 Å². The van der Waals surface area contributed by atoms with Gasteiger partial charge in [0.15, 0.2) is 0 Å². The number of hydrogen-bond donors (Lipinski definition) is 1. The number of anilines is 2. The second-order valence-corrected chi connectivity index (χ2v) is 8.26. The van der Waals surface area contributed by atoms with Gasteiger partial charge in [-0.25, -0.2) is 4.39 Å². The first-order chi connectivity index (χ1) is 14.5. The average molecular weight is 403 g/mol. The summed E-state index contributed by atoms with van der Waals surface area (Å²) in [5.74, 6) is 0.156. The van der Waals surface area contributed by atoms with Crippen LogP contribution in [0.15, 0.2) is 66.7 Å². The fourth-order valence-corrected chi connectivity index (χ4v) is 3.93. The lowest BCUT2D eigenvalue weighted by molar-refractivity contribution is -0.115. The summed E-state index contributed by atoms with van der Waals surface area (Å²) < 4.78 is 13.0. The number of hydrogen-bond acceptors (Lipinski definition) is 2. The fourth-order valence-electron chi connectivity index (χ4n) is 3.93. The lowest BCUT2D eigenvalue weighted by Gasteiger charge is -2.20. The first kappa shape index (κ1) is 20.1. The van der Waals surface area contributed by atoms with Gasteiger partial charge < -0.3 is 10.2 Å². The van der Waals surface area contributed by atoms with Gasteiger partial charge in [0.25, 0.3) is 0 Å². The van der Waals surface area contributed by atoms with Crippen molar-refractivity contribution in [3.05, 3.63) is 94.8 Å². The van der Waals surface area contributed by atoms with Gasteiger partial charge in [-0.05, 0) is 64.9 Å². The van der Waals surface area contributed by atoms with Gasteiger partial charge in [-0.15, -0.1) is 0 Å². The van der Waals surface area contributed by atoms with E-state index in [1.54, 1.807) is 12.1 Å². The second kappa shape index (κ2) is 8.70. The van der Waals surface area contributed by atoms with Crippen molar-refractivity contribution in [2.24, 2.45) is 0 Å². The number of nitrogens with one attached hydrogen (secondary N) is 1. The molecular weight excluding hydrogens is 375 g/mol. The Labute approximate surface area is 177 Å². The van der Waals surface area contributed by atoms with Crippen molar-refractivity contribution in [1.82, 2.24) is 0 Å². The zero-order chi connectivity index (χ0) is 21.1. The first-order valence-electron chi connectivity index (χ1n) is 10.5. The average Bonchev–Trinajstić information content (AvgIpc) is 3.12. The molecule has 0 bridgehead atoms. The van der Waals surface area contributed by atoms with Gasteiger partial charge in [0.2, 0.25) is 5.91 Å². The Morgan fingerprint density at radius 3 is 2.40 bits per heavy atom. The molecule has 0 radical (unpaired) electrons. The lowest BCUT2D eigenvalue weighted by atomic mass is 10.0. The maximum Gasteiger partial charge on any atom is 0.228 e. The molecule has 0 spiro atoms. The van der Waals surface area contributed by atoms with E-state index in [2.05, 4.69) is 60.5 Å². The van der Waals surface area contributed by atoms with E-state index in [9.17, 15) is 9.18 Å². The minimum absolute atomic E-state index is 0.0957. The molecule has 4 heteroatoms. The lowest BCUT2D eigenvalue weighted by Crippen LogP contribution is -2.19.